The van der Waals surface area contributed by atoms with Gasteiger partial charge in [0.05, 0.1) is 12.6 Å². The molecule has 0 radical (unpaired) electrons. The summed E-state index contributed by atoms with van der Waals surface area (Å²) in [6.07, 6.45) is 0. The average molecular weight is 235 g/mol. The Labute approximate surface area is 98.0 Å². The van der Waals surface area contributed by atoms with Gasteiger partial charge in [0.25, 0.3) is 5.89 Å². The van der Waals surface area contributed by atoms with Gasteiger partial charge in [-0.05, 0) is 12.1 Å². The van der Waals surface area contributed by atoms with Crippen LogP contribution in [-0.2, 0) is 6.61 Å². The van der Waals surface area contributed by atoms with Gasteiger partial charge in [-0.3, -0.25) is 0 Å². The molecular formula is C11H13N3O3. The van der Waals surface area contributed by atoms with Gasteiger partial charge in [0.2, 0.25) is 0 Å². The lowest BCUT2D eigenvalue weighted by Gasteiger charge is -2.01. The molecule has 0 saturated carbocycles. The van der Waals surface area contributed by atoms with Gasteiger partial charge in [-0.25, -0.2) is 0 Å². The SMILES string of the molecule is NC(CO)c1noc(COc2ccccc2)n1. The van der Waals surface area contributed by atoms with E-state index in [1.54, 1.807) is 0 Å². The lowest BCUT2D eigenvalue weighted by Crippen LogP contribution is -2.16. The number of benzene rings is 1. The summed E-state index contributed by atoms with van der Waals surface area (Å²) in [5.41, 5.74) is 5.54. The van der Waals surface area contributed by atoms with Gasteiger partial charge in [0, 0.05) is 0 Å². The molecule has 1 unspecified atom stereocenters. The fourth-order valence-corrected chi connectivity index (χ4v) is 1.22. The molecule has 2 aromatic rings. The Morgan fingerprint density at radius 1 is 1.35 bits per heavy atom. The summed E-state index contributed by atoms with van der Waals surface area (Å²) >= 11 is 0. The van der Waals surface area contributed by atoms with E-state index in [0.29, 0.717) is 5.89 Å². The van der Waals surface area contributed by atoms with E-state index in [9.17, 15) is 0 Å². The summed E-state index contributed by atoms with van der Waals surface area (Å²) < 4.78 is 10.4. The number of nitrogens with two attached hydrogens (primary N) is 1. The highest BCUT2D eigenvalue weighted by Crippen LogP contribution is 2.11. The molecule has 0 spiro atoms. The van der Waals surface area contributed by atoms with E-state index in [0.717, 1.165) is 5.75 Å². The number of aliphatic hydroxyl groups excluding tert-OH is 1. The third kappa shape index (κ3) is 3.02. The van der Waals surface area contributed by atoms with Gasteiger partial charge in [-0.15, -0.1) is 0 Å². The molecule has 6 nitrogen and oxygen atoms in total. The predicted molar refractivity (Wildman–Crippen MR) is 59.1 cm³/mol. The van der Waals surface area contributed by atoms with Crippen molar-refractivity contribution in [1.82, 2.24) is 10.1 Å². The lowest BCUT2D eigenvalue weighted by molar-refractivity contribution is 0.239. The van der Waals surface area contributed by atoms with Crippen LogP contribution in [0.1, 0.15) is 17.8 Å². The Hall–Kier alpha value is -1.92. The maximum atomic E-state index is 8.83. The number of para-hydroxylation sites is 1. The molecule has 0 aliphatic heterocycles. The predicted octanol–water partition coefficient (Wildman–Crippen LogP) is 0.641. The highest BCUT2D eigenvalue weighted by molar-refractivity contribution is 5.20. The first-order valence-corrected chi connectivity index (χ1v) is 5.16. The third-order valence-corrected chi connectivity index (χ3v) is 2.12. The molecule has 0 aliphatic carbocycles. The molecule has 1 atom stereocenters. The largest absolute Gasteiger partial charge is 0.484 e. The van der Waals surface area contributed by atoms with E-state index >= 15 is 0 Å². The molecule has 3 N–H and O–H groups in total. The van der Waals surface area contributed by atoms with Crippen molar-refractivity contribution in [2.75, 3.05) is 6.61 Å². The molecule has 1 aromatic carbocycles. The van der Waals surface area contributed by atoms with Crippen LogP contribution < -0.4 is 10.5 Å². The van der Waals surface area contributed by atoms with Gasteiger partial charge >= 0.3 is 0 Å². The number of aliphatic hydroxyl groups is 1. The Kier molecular flexibility index (Phi) is 3.69. The van der Waals surface area contributed by atoms with Crippen LogP contribution in [0.4, 0.5) is 0 Å². The number of nitrogens with zero attached hydrogens (tertiary/aromatic N) is 2. The van der Waals surface area contributed by atoms with Gasteiger partial charge in [0.1, 0.15) is 5.75 Å². The van der Waals surface area contributed by atoms with E-state index in [4.69, 9.17) is 20.1 Å². The molecule has 1 heterocycles. The highest BCUT2D eigenvalue weighted by Gasteiger charge is 2.13. The molecular weight excluding hydrogens is 222 g/mol. The van der Waals surface area contributed by atoms with Crippen LogP contribution in [0.25, 0.3) is 0 Å². The second-order valence-electron chi connectivity index (χ2n) is 3.44. The molecule has 0 fully saturated rings. The normalized spacial score (nSPS) is 12.4. The fraction of sp³-hybridized carbons (Fsp3) is 0.273. The zero-order valence-electron chi connectivity index (χ0n) is 9.11. The Morgan fingerprint density at radius 2 is 2.12 bits per heavy atom. The summed E-state index contributed by atoms with van der Waals surface area (Å²) in [7, 11) is 0. The van der Waals surface area contributed by atoms with Crippen molar-refractivity contribution < 1.29 is 14.4 Å². The second kappa shape index (κ2) is 5.42. The minimum absolute atomic E-state index is 0.176. The zero-order chi connectivity index (χ0) is 12.1. The maximum absolute atomic E-state index is 8.83. The molecule has 0 saturated heterocycles. The van der Waals surface area contributed by atoms with Crippen LogP contribution in [-0.4, -0.2) is 21.9 Å². The van der Waals surface area contributed by atoms with Crippen LogP contribution in [0.2, 0.25) is 0 Å². The van der Waals surface area contributed by atoms with E-state index < -0.39 is 6.04 Å². The fourth-order valence-electron chi connectivity index (χ4n) is 1.22. The topological polar surface area (TPSA) is 94.4 Å². The van der Waals surface area contributed by atoms with E-state index in [-0.39, 0.29) is 19.0 Å². The molecule has 90 valence electrons. The van der Waals surface area contributed by atoms with Crippen molar-refractivity contribution in [3.8, 4) is 5.75 Å². The first-order valence-electron chi connectivity index (χ1n) is 5.16. The van der Waals surface area contributed by atoms with Crippen LogP contribution in [0.5, 0.6) is 5.75 Å². The Balaban J connectivity index is 1.94. The van der Waals surface area contributed by atoms with Crippen molar-refractivity contribution in [3.05, 3.63) is 42.0 Å². The Morgan fingerprint density at radius 3 is 2.82 bits per heavy atom. The smallest absolute Gasteiger partial charge is 0.264 e. The highest BCUT2D eigenvalue weighted by atomic mass is 16.5. The standard InChI is InChI=1S/C11H13N3O3/c12-9(6-15)11-13-10(17-14-11)7-16-8-4-2-1-3-5-8/h1-5,9,15H,6-7,12H2. The minimum Gasteiger partial charge on any atom is -0.484 e. The van der Waals surface area contributed by atoms with Crippen LogP contribution in [0.3, 0.4) is 0 Å². The molecule has 6 heteroatoms. The summed E-state index contributed by atoms with van der Waals surface area (Å²) in [5.74, 6) is 1.32. The van der Waals surface area contributed by atoms with Gasteiger partial charge < -0.3 is 20.1 Å². The number of hydrogen-bond acceptors (Lipinski definition) is 6. The van der Waals surface area contributed by atoms with Crippen LogP contribution >= 0.6 is 0 Å². The molecule has 17 heavy (non-hydrogen) atoms. The average Bonchev–Trinajstić information content (AvgIpc) is 2.85. The quantitative estimate of drug-likeness (QED) is 0.789. The van der Waals surface area contributed by atoms with E-state index in [1.165, 1.54) is 0 Å². The lowest BCUT2D eigenvalue weighted by atomic mass is 10.3. The first kappa shape index (κ1) is 11.6. The van der Waals surface area contributed by atoms with Crippen LogP contribution in [0.15, 0.2) is 34.9 Å². The number of rotatable bonds is 5. The van der Waals surface area contributed by atoms with Crippen molar-refractivity contribution in [2.45, 2.75) is 12.6 Å². The summed E-state index contributed by atoms with van der Waals surface area (Å²) in [6, 6.07) is 8.68. The minimum atomic E-state index is -0.621. The summed E-state index contributed by atoms with van der Waals surface area (Å²) in [4.78, 5) is 4.01. The van der Waals surface area contributed by atoms with Gasteiger partial charge in [0.15, 0.2) is 12.4 Å². The molecule has 0 amide bonds. The second-order valence-corrected chi connectivity index (χ2v) is 3.44. The summed E-state index contributed by atoms with van der Waals surface area (Å²) in [5, 5.41) is 12.5. The molecule has 1 aromatic heterocycles. The molecule has 2 rings (SSSR count). The number of ether oxygens (including phenoxy) is 1. The van der Waals surface area contributed by atoms with Crippen molar-refractivity contribution in [3.63, 3.8) is 0 Å². The van der Waals surface area contributed by atoms with Crippen molar-refractivity contribution in [1.29, 1.82) is 0 Å². The van der Waals surface area contributed by atoms with Crippen molar-refractivity contribution in [2.24, 2.45) is 5.73 Å². The third-order valence-electron chi connectivity index (χ3n) is 2.12. The Bertz CT molecular complexity index is 458. The first-order chi connectivity index (χ1) is 8.29. The monoisotopic (exact) mass is 235 g/mol. The molecule has 0 bridgehead atoms. The van der Waals surface area contributed by atoms with Gasteiger partial charge in [-0.1, -0.05) is 23.4 Å². The number of hydrogen-bond donors (Lipinski definition) is 2. The van der Waals surface area contributed by atoms with Gasteiger partial charge in [-0.2, -0.15) is 4.98 Å². The zero-order valence-corrected chi connectivity index (χ0v) is 9.11. The number of aromatic nitrogens is 2. The summed E-state index contributed by atoms with van der Waals surface area (Å²) in [6.45, 7) is -0.0479. The maximum Gasteiger partial charge on any atom is 0.264 e. The van der Waals surface area contributed by atoms with E-state index in [2.05, 4.69) is 10.1 Å². The van der Waals surface area contributed by atoms with E-state index in [1.807, 2.05) is 30.3 Å². The van der Waals surface area contributed by atoms with Crippen molar-refractivity contribution >= 4 is 0 Å². The molecule has 0 aliphatic rings. The van der Waals surface area contributed by atoms with Crippen LogP contribution in [0, 0.1) is 0 Å².